The second-order valence-corrected chi connectivity index (χ2v) is 5.22. The fourth-order valence-corrected chi connectivity index (χ4v) is 2.17. The zero-order valence-electron chi connectivity index (χ0n) is 12.0. The first-order valence-corrected chi connectivity index (χ1v) is 6.85. The number of carboxylic acid groups (broad SMARTS) is 1. The first-order chi connectivity index (χ1) is 8.99. The molecule has 6 heteroatoms. The van der Waals surface area contributed by atoms with Crippen molar-refractivity contribution in [2.24, 2.45) is 0 Å². The Bertz CT molecular complexity index is 300. The number of carbonyl (C=O) groups excluding carboxylic acids is 1. The van der Waals surface area contributed by atoms with Crippen LogP contribution in [0.4, 0.5) is 0 Å². The Kier molecular flexibility index (Phi) is 6.80. The molecule has 1 aliphatic heterocycles. The van der Waals surface area contributed by atoms with Gasteiger partial charge < -0.3 is 19.8 Å². The monoisotopic (exact) mass is 271 g/mol. The van der Waals surface area contributed by atoms with Crippen LogP contribution in [0.5, 0.6) is 0 Å². The smallest absolute Gasteiger partial charge is 0.304 e. The van der Waals surface area contributed by atoms with Gasteiger partial charge in [-0.05, 0) is 13.0 Å². The highest BCUT2D eigenvalue weighted by molar-refractivity contribution is 5.75. The van der Waals surface area contributed by atoms with Crippen LogP contribution in [0, 0.1) is 0 Å². The maximum atomic E-state index is 11.4. The van der Waals surface area contributed by atoms with Crippen LogP contribution in [0.1, 0.15) is 19.3 Å². The molecule has 0 aromatic heterocycles. The lowest BCUT2D eigenvalue weighted by atomic mass is 10.2. The molecule has 19 heavy (non-hydrogen) atoms. The molecule has 1 N–H and O–H groups in total. The molecule has 110 valence electrons. The zero-order chi connectivity index (χ0) is 14.3. The van der Waals surface area contributed by atoms with Gasteiger partial charge in [-0.3, -0.25) is 9.59 Å². The molecular weight excluding hydrogens is 246 g/mol. The van der Waals surface area contributed by atoms with Crippen LogP contribution in [-0.4, -0.2) is 85.0 Å². The van der Waals surface area contributed by atoms with Gasteiger partial charge in [-0.15, -0.1) is 0 Å². The van der Waals surface area contributed by atoms with Crippen molar-refractivity contribution in [3.63, 3.8) is 0 Å². The van der Waals surface area contributed by atoms with Crippen molar-refractivity contribution in [1.29, 1.82) is 0 Å². The highest BCUT2D eigenvalue weighted by atomic mass is 16.4. The van der Waals surface area contributed by atoms with E-state index in [9.17, 15) is 9.59 Å². The number of piperazine rings is 1. The summed E-state index contributed by atoms with van der Waals surface area (Å²) in [6.07, 6.45) is 1.72. The Morgan fingerprint density at radius 1 is 1.00 bits per heavy atom. The summed E-state index contributed by atoms with van der Waals surface area (Å²) < 4.78 is 0. The van der Waals surface area contributed by atoms with Crippen LogP contribution in [0.25, 0.3) is 0 Å². The van der Waals surface area contributed by atoms with Gasteiger partial charge >= 0.3 is 5.97 Å². The topological polar surface area (TPSA) is 64.1 Å². The second kappa shape index (κ2) is 8.12. The van der Waals surface area contributed by atoms with E-state index < -0.39 is 5.97 Å². The van der Waals surface area contributed by atoms with E-state index in [1.165, 1.54) is 0 Å². The molecule has 0 radical (unpaired) electrons. The van der Waals surface area contributed by atoms with Crippen LogP contribution in [0.3, 0.4) is 0 Å². The fourth-order valence-electron chi connectivity index (χ4n) is 2.17. The van der Waals surface area contributed by atoms with Crippen LogP contribution >= 0.6 is 0 Å². The third-order valence-electron chi connectivity index (χ3n) is 3.47. The molecule has 0 spiro atoms. The third-order valence-corrected chi connectivity index (χ3v) is 3.47. The Morgan fingerprint density at radius 3 is 2.00 bits per heavy atom. The van der Waals surface area contributed by atoms with Crippen molar-refractivity contribution in [1.82, 2.24) is 14.7 Å². The van der Waals surface area contributed by atoms with Crippen LogP contribution in [0.2, 0.25) is 0 Å². The van der Waals surface area contributed by atoms with Crippen LogP contribution in [-0.2, 0) is 9.59 Å². The lowest BCUT2D eigenvalue weighted by molar-refractivity contribution is -0.137. The lowest BCUT2D eigenvalue weighted by Crippen LogP contribution is -2.47. The standard InChI is InChI=1S/C13H25N3O3/c1-14(2)12(17)4-3-6-15-8-10-16(11-9-15)7-5-13(18)19/h3-11H2,1-2H3,(H,18,19). The summed E-state index contributed by atoms with van der Waals surface area (Å²) in [6.45, 7) is 5.38. The SMILES string of the molecule is CN(C)C(=O)CCCN1CCN(CCC(=O)O)CC1. The molecule has 0 atom stereocenters. The molecule has 1 aliphatic rings. The molecule has 1 heterocycles. The summed E-state index contributed by atoms with van der Waals surface area (Å²) in [6, 6.07) is 0. The van der Waals surface area contributed by atoms with Crippen LogP contribution < -0.4 is 0 Å². The third kappa shape index (κ3) is 6.54. The number of hydrogen-bond donors (Lipinski definition) is 1. The highest BCUT2D eigenvalue weighted by Gasteiger charge is 2.17. The van der Waals surface area contributed by atoms with E-state index in [1.807, 2.05) is 0 Å². The molecule has 1 fully saturated rings. The average Bonchev–Trinajstić information content (AvgIpc) is 2.37. The molecule has 1 rings (SSSR count). The molecule has 0 unspecified atom stereocenters. The van der Waals surface area contributed by atoms with Gasteiger partial charge in [0, 0.05) is 53.2 Å². The summed E-state index contributed by atoms with van der Waals surface area (Å²) in [5.41, 5.74) is 0. The van der Waals surface area contributed by atoms with Gasteiger partial charge in [0.25, 0.3) is 0 Å². The largest absolute Gasteiger partial charge is 0.481 e. The number of amides is 1. The van der Waals surface area contributed by atoms with Gasteiger partial charge in [0.15, 0.2) is 0 Å². The molecule has 6 nitrogen and oxygen atoms in total. The van der Waals surface area contributed by atoms with E-state index in [2.05, 4.69) is 9.80 Å². The average molecular weight is 271 g/mol. The minimum atomic E-state index is -0.732. The molecule has 0 aromatic carbocycles. The number of nitrogens with zero attached hydrogens (tertiary/aromatic N) is 3. The Hall–Kier alpha value is -1.14. The molecule has 1 saturated heterocycles. The van der Waals surface area contributed by atoms with E-state index >= 15 is 0 Å². The molecular formula is C13H25N3O3. The molecule has 1 amide bonds. The molecule has 0 bridgehead atoms. The minimum Gasteiger partial charge on any atom is -0.481 e. The first-order valence-electron chi connectivity index (χ1n) is 6.85. The van der Waals surface area contributed by atoms with Crippen molar-refractivity contribution in [3.8, 4) is 0 Å². The number of aliphatic carboxylic acids is 1. The number of hydrogen-bond acceptors (Lipinski definition) is 4. The highest BCUT2D eigenvalue weighted by Crippen LogP contribution is 2.05. The Labute approximate surface area is 115 Å². The molecule has 0 saturated carbocycles. The number of carbonyl (C=O) groups is 2. The van der Waals surface area contributed by atoms with E-state index in [-0.39, 0.29) is 12.3 Å². The van der Waals surface area contributed by atoms with Crippen molar-refractivity contribution in [2.45, 2.75) is 19.3 Å². The van der Waals surface area contributed by atoms with Gasteiger partial charge in [-0.25, -0.2) is 0 Å². The summed E-state index contributed by atoms with van der Waals surface area (Å²) in [5, 5.41) is 8.64. The van der Waals surface area contributed by atoms with E-state index in [1.54, 1.807) is 19.0 Å². The lowest BCUT2D eigenvalue weighted by Gasteiger charge is -2.34. The Balaban J connectivity index is 2.10. The van der Waals surface area contributed by atoms with Gasteiger partial charge in [0.05, 0.1) is 6.42 Å². The van der Waals surface area contributed by atoms with Gasteiger partial charge in [-0.1, -0.05) is 0 Å². The van der Waals surface area contributed by atoms with Crippen molar-refractivity contribution in [2.75, 3.05) is 53.4 Å². The molecule has 0 aliphatic carbocycles. The summed E-state index contributed by atoms with van der Waals surface area (Å²) in [7, 11) is 3.56. The zero-order valence-corrected chi connectivity index (χ0v) is 12.0. The second-order valence-electron chi connectivity index (χ2n) is 5.22. The predicted molar refractivity (Wildman–Crippen MR) is 73.1 cm³/mol. The fraction of sp³-hybridized carbons (Fsp3) is 0.846. The maximum Gasteiger partial charge on any atom is 0.304 e. The Morgan fingerprint density at radius 2 is 1.53 bits per heavy atom. The van der Waals surface area contributed by atoms with Crippen molar-refractivity contribution >= 4 is 11.9 Å². The first kappa shape index (κ1) is 15.9. The van der Waals surface area contributed by atoms with Gasteiger partial charge in [0.2, 0.25) is 5.91 Å². The summed E-state index contributed by atoms with van der Waals surface area (Å²) >= 11 is 0. The van der Waals surface area contributed by atoms with Crippen LogP contribution in [0.15, 0.2) is 0 Å². The normalized spacial score (nSPS) is 17.4. The van der Waals surface area contributed by atoms with E-state index in [0.717, 1.165) is 39.1 Å². The minimum absolute atomic E-state index is 0.181. The van der Waals surface area contributed by atoms with Crippen molar-refractivity contribution < 1.29 is 14.7 Å². The predicted octanol–water partition coefficient (Wildman–Crippen LogP) is -0.0529. The van der Waals surface area contributed by atoms with E-state index in [4.69, 9.17) is 5.11 Å². The van der Waals surface area contributed by atoms with Gasteiger partial charge in [0.1, 0.15) is 0 Å². The van der Waals surface area contributed by atoms with Gasteiger partial charge in [-0.2, -0.15) is 0 Å². The summed E-state index contributed by atoms with van der Waals surface area (Å²) in [5.74, 6) is -0.551. The molecule has 0 aromatic rings. The van der Waals surface area contributed by atoms with E-state index in [0.29, 0.717) is 13.0 Å². The number of rotatable bonds is 7. The number of carboxylic acids is 1. The van der Waals surface area contributed by atoms with Crippen molar-refractivity contribution in [3.05, 3.63) is 0 Å². The quantitative estimate of drug-likeness (QED) is 0.703. The summed E-state index contributed by atoms with van der Waals surface area (Å²) in [4.78, 5) is 28.1. The maximum absolute atomic E-state index is 11.4.